The van der Waals surface area contributed by atoms with E-state index >= 15 is 0 Å². The highest BCUT2D eigenvalue weighted by Gasteiger charge is 2.39. The fourth-order valence-electron chi connectivity index (χ4n) is 2.23. The van der Waals surface area contributed by atoms with Gasteiger partial charge < -0.3 is 10.6 Å². The van der Waals surface area contributed by atoms with E-state index in [1.54, 1.807) is 6.92 Å². The predicted molar refractivity (Wildman–Crippen MR) is 82.0 cm³/mol. The maximum Gasteiger partial charge on any atom is 0.239 e. The van der Waals surface area contributed by atoms with Crippen molar-refractivity contribution in [2.24, 2.45) is 0 Å². The first-order chi connectivity index (χ1) is 8.89. The second-order valence-electron chi connectivity index (χ2n) is 5.17. The van der Waals surface area contributed by atoms with Crippen LogP contribution in [0.4, 0.5) is 5.69 Å². The zero-order chi connectivity index (χ0) is 13.9. The largest absolute Gasteiger partial charge is 0.376 e. The predicted octanol–water partition coefficient (Wildman–Crippen LogP) is 1.21. The van der Waals surface area contributed by atoms with Gasteiger partial charge in [0, 0.05) is 5.69 Å². The minimum absolute atomic E-state index is 0. The number of nitrogens with one attached hydrogen (secondary N) is 2. The number of hydrogen-bond acceptors (Lipinski definition) is 4. The maximum absolute atomic E-state index is 11.8. The molecule has 20 heavy (non-hydrogen) atoms. The Morgan fingerprint density at radius 1 is 1.30 bits per heavy atom. The van der Waals surface area contributed by atoms with Crippen LogP contribution in [0.1, 0.15) is 13.3 Å². The van der Waals surface area contributed by atoms with Gasteiger partial charge in [0.2, 0.25) is 5.91 Å². The summed E-state index contributed by atoms with van der Waals surface area (Å²) in [5.74, 6) is -0.0177. The fraction of sp³-hybridized carbons (Fsp3) is 0.462. The van der Waals surface area contributed by atoms with Crippen LogP contribution in [0, 0.1) is 0 Å². The van der Waals surface area contributed by atoms with Gasteiger partial charge >= 0.3 is 0 Å². The van der Waals surface area contributed by atoms with Crippen LogP contribution in [0.5, 0.6) is 0 Å². The Bertz CT molecular complexity index is 562. The van der Waals surface area contributed by atoms with Crippen LogP contribution in [-0.2, 0) is 14.6 Å². The molecule has 1 aliphatic rings. The third-order valence-electron chi connectivity index (χ3n) is 3.17. The van der Waals surface area contributed by atoms with E-state index in [0.717, 1.165) is 5.69 Å². The average Bonchev–Trinajstić information content (AvgIpc) is 2.62. The second-order valence-corrected chi connectivity index (χ2v) is 7.35. The van der Waals surface area contributed by atoms with Gasteiger partial charge in [-0.1, -0.05) is 18.2 Å². The molecule has 5 nitrogen and oxygen atoms in total. The van der Waals surface area contributed by atoms with Crippen molar-refractivity contribution in [1.82, 2.24) is 5.32 Å². The molecule has 0 saturated carbocycles. The minimum Gasteiger partial charge on any atom is -0.376 e. The van der Waals surface area contributed by atoms with E-state index in [-0.39, 0.29) is 36.4 Å². The van der Waals surface area contributed by atoms with Crippen molar-refractivity contribution in [2.45, 2.75) is 18.9 Å². The van der Waals surface area contributed by atoms with Crippen LogP contribution >= 0.6 is 12.4 Å². The third kappa shape index (κ3) is 4.68. The summed E-state index contributed by atoms with van der Waals surface area (Å²) in [6.45, 7) is 1.91. The molecule has 1 atom stereocenters. The highest BCUT2D eigenvalue weighted by atomic mass is 35.5. The van der Waals surface area contributed by atoms with Crippen molar-refractivity contribution >= 4 is 33.8 Å². The van der Waals surface area contributed by atoms with Gasteiger partial charge in [0.15, 0.2) is 9.84 Å². The normalized spacial score (nSPS) is 23.6. The summed E-state index contributed by atoms with van der Waals surface area (Å²) in [6, 6.07) is 9.40. The number of hydrogen-bond donors (Lipinski definition) is 2. The molecule has 0 aliphatic carbocycles. The summed E-state index contributed by atoms with van der Waals surface area (Å²) in [6.07, 6.45) is 0.479. The van der Waals surface area contributed by atoms with Crippen molar-refractivity contribution in [3.63, 3.8) is 0 Å². The Labute approximate surface area is 125 Å². The Morgan fingerprint density at radius 2 is 1.95 bits per heavy atom. The standard InChI is InChI=1S/C13H18N2O3S.ClH/c1-13(7-8-19(17,18)10-13)15-12(16)9-14-11-5-3-2-4-6-11;/h2-6,14H,7-10H2,1H3,(H,15,16);1H. The maximum atomic E-state index is 11.8. The first-order valence-corrected chi connectivity index (χ1v) is 8.01. The molecule has 1 amide bonds. The number of benzene rings is 1. The summed E-state index contributed by atoms with van der Waals surface area (Å²) in [5.41, 5.74) is 0.232. The summed E-state index contributed by atoms with van der Waals surface area (Å²) in [5, 5.41) is 5.80. The van der Waals surface area contributed by atoms with E-state index < -0.39 is 15.4 Å². The van der Waals surface area contributed by atoms with Crippen molar-refractivity contribution in [1.29, 1.82) is 0 Å². The van der Waals surface area contributed by atoms with Gasteiger partial charge in [0.05, 0.1) is 23.6 Å². The number of anilines is 1. The summed E-state index contributed by atoms with van der Waals surface area (Å²) < 4.78 is 22.9. The number of carbonyl (C=O) groups is 1. The quantitative estimate of drug-likeness (QED) is 0.875. The molecule has 1 aromatic rings. The molecule has 1 aliphatic heterocycles. The molecule has 0 aromatic heterocycles. The molecule has 1 aromatic carbocycles. The SMILES string of the molecule is CC1(NC(=O)CNc2ccccc2)CCS(=O)(=O)C1.Cl. The lowest BCUT2D eigenvalue weighted by molar-refractivity contribution is -0.120. The molecule has 1 fully saturated rings. The first kappa shape index (κ1) is 16.8. The highest BCUT2D eigenvalue weighted by Crippen LogP contribution is 2.22. The van der Waals surface area contributed by atoms with Gasteiger partial charge in [-0.2, -0.15) is 0 Å². The summed E-state index contributed by atoms with van der Waals surface area (Å²) >= 11 is 0. The van der Waals surface area contributed by atoms with Gasteiger partial charge in [0.1, 0.15) is 0 Å². The number of halogens is 1. The lowest BCUT2D eigenvalue weighted by Gasteiger charge is -2.24. The average molecular weight is 319 g/mol. The van der Waals surface area contributed by atoms with Crippen LogP contribution in [0.15, 0.2) is 30.3 Å². The molecule has 7 heteroatoms. The smallest absolute Gasteiger partial charge is 0.239 e. The molecule has 0 spiro atoms. The van der Waals surface area contributed by atoms with Crippen LogP contribution in [0.2, 0.25) is 0 Å². The molecule has 1 saturated heterocycles. The topological polar surface area (TPSA) is 75.3 Å². The van der Waals surface area contributed by atoms with Crippen LogP contribution in [0.3, 0.4) is 0 Å². The van der Waals surface area contributed by atoms with Crippen molar-refractivity contribution in [3.05, 3.63) is 30.3 Å². The zero-order valence-electron chi connectivity index (χ0n) is 11.3. The van der Waals surface area contributed by atoms with E-state index in [4.69, 9.17) is 0 Å². The fourth-order valence-corrected chi connectivity index (χ4v) is 4.32. The Kier molecular flexibility index (Phi) is 5.42. The van der Waals surface area contributed by atoms with Crippen LogP contribution < -0.4 is 10.6 Å². The monoisotopic (exact) mass is 318 g/mol. The lowest BCUT2D eigenvalue weighted by Crippen LogP contribution is -2.48. The number of carbonyl (C=O) groups excluding carboxylic acids is 1. The second kappa shape index (κ2) is 6.45. The minimum atomic E-state index is -3.00. The summed E-state index contributed by atoms with van der Waals surface area (Å²) in [7, 11) is -3.00. The van der Waals surface area contributed by atoms with Gasteiger partial charge in [-0.15, -0.1) is 12.4 Å². The van der Waals surface area contributed by atoms with Crippen molar-refractivity contribution in [2.75, 3.05) is 23.4 Å². The van der Waals surface area contributed by atoms with Gasteiger partial charge in [-0.3, -0.25) is 4.79 Å². The van der Waals surface area contributed by atoms with Crippen LogP contribution in [-0.4, -0.2) is 37.9 Å². The number of para-hydroxylation sites is 1. The molecule has 1 unspecified atom stereocenters. The Morgan fingerprint density at radius 3 is 2.50 bits per heavy atom. The molecule has 0 radical (unpaired) electrons. The van der Waals surface area contributed by atoms with Gasteiger partial charge in [-0.05, 0) is 25.5 Å². The number of rotatable bonds is 4. The van der Waals surface area contributed by atoms with Gasteiger partial charge in [-0.25, -0.2) is 8.42 Å². The number of sulfone groups is 1. The summed E-state index contributed by atoms with van der Waals surface area (Å²) in [4.78, 5) is 11.8. The van der Waals surface area contributed by atoms with E-state index in [0.29, 0.717) is 6.42 Å². The van der Waals surface area contributed by atoms with Crippen molar-refractivity contribution in [3.8, 4) is 0 Å². The van der Waals surface area contributed by atoms with E-state index in [2.05, 4.69) is 10.6 Å². The van der Waals surface area contributed by atoms with Crippen LogP contribution in [0.25, 0.3) is 0 Å². The molecular weight excluding hydrogens is 300 g/mol. The zero-order valence-corrected chi connectivity index (χ0v) is 12.9. The van der Waals surface area contributed by atoms with E-state index in [1.165, 1.54) is 0 Å². The third-order valence-corrected chi connectivity index (χ3v) is 5.07. The molecule has 2 N–H and O–H groups in total. The highest BCUT2D eigenvalue weighted by molar-refractivity contribution is 7.91. The van der Waals surface area contributed by atoms with E-state index in [1.807, 2.05) is 30.3 Å². The lowest BCUT2D eigenvalue weighted by atomic mass is 10.0. The van der Waals surface area contributed by atoms with Gasteiger partial charge in [0.25, 0.3) is 0 Å². The first-order valence-electron chi connectivity index (χ1n) is 6.19. The molecule has 1 heterocycles. The Balaban J connectivity index is 0.00000200. The van der Waals surface area contributed by atoms with E-state index in [9.17, 15) is 13.2 Å². The van der Waals surface area contributed by atoms with Crippen molar-refractivity contribution < 1.29 is 13.2 Å². The molecular formula is C13H19ClN2O3S. The molecule has 112 valence electrons. The molecule has 0 bridgehead atoms. The number of amides is 1. The Hall–Kier alpha value is -1.27. The molecule has 2 rings (SSSR count).